The molecule has 3 rings (SSSR count). The van der Waals surface area contributed by atoms with Crippen molar-refractivity contribution in [2.75, 3.05) is 21.2 Å². The van der Waals surface area contributed by atoms with Crippen LogP contribution >= 0.6 is 11.8 Å². The molecule has 0 heterocycles. The lowest BCUT2D eigenvalue weighted by Crippen LogP contribution is -2.40. The summed E-state index contributed by atoms with van der Waals surface area (Å²) in [5.41, 5.74) is 4.20. The number of nitrogens with one attached hydrogen (secondary N) is 4. The van der Waals surface area contributed by atoms with Gasteiger partial charge in [0, 0.05) is 28.3 Å². The Bertz CT molecular complexity index is 1190. The summed E-state index contributed by atoms with van der Waals surface area (Å²) in [4.78, 5) is 23.4. The van der Waals surface area contributed by atoms with Gasteiger partial charge in [0.25, 0.3) is 10.0 Å². The Balaban J connectivity index is 1.56. The summed E-state index contributed by atoms with van der Waals surface area (Å²) >= 11 is 1.82. The number of hydrazine groups is 1. The van der Waals surface area contributed by atoms with Crippen LogP contribution in [0.4, 0.5) is 30.2 Å². The second-order valence-electron chi connectivity index (χ2n) is 8.77. The van der Waals surface area contributed by atoms with Gasteiger partial charge in [0.15, 0.2) is 0 Å². The lowest BCUT2D eigenvalue weighted by atomic mass is 10.0. The summed E-state index contributed by atoms with van der Waals surface area (Å²) in [6.45, 7) is 1.85. The number of amides is 2. The number of rotatable bonds is 10. The summed E-state index contributed by atoms with van der Waals surface area (Å²) in [7, 11) is -4.02. The van der Waals surface area contributed by atoms with Crippen molar-refractivity contribution in [2.24, 2.45) is 5.92 Å². The van der Waals surface area contributed by atoms with E-state index in [1.54, 1.807) is 6.07 Å². The Hall–Kier alpha value is -2.93. The minimum atomic E-state index is -5.04. The molecule has 1 aliphatic rings. The molecule has 0 bridgehead atoms. The Morgan fingerprint density at radius 2 is 1.65 bits per heavy atom. The third kappa shape index (κ3) is 8.85. The molecule has 202 valence electrons. The molecule has 1 saturated carbocycles. The predicted octanol–water partition coefficient (Wildman–Crippen LogP) is 5.13. The first-order chi connectivity index (χ1) is 17.4. The molecule has 37 heavy (non-hydrogen) atoms. The molecular formula is C24H29F3N4O4S2. The minimum Gasteiger partial charge on any atom is -0.326 e. The number of hydrogen-bond acceptors (Lipinski definition) is 6. The number of anilines is 3. The summed E-state index contributed by atoms with van der Waals surface area (Å²) in [5, 5.41) is 3.37. The molecule has 1 unspecified atom stereocenters. The molecule has 1 aliphatic carbocycles. The van der Waals surface area contributed by atoms with Gasteiger partial charge in [-0.1, -0.05) is 32.3 Å². The van der Waals surface area contributed by atoms with Crippen LogP contribution < -0.4 is 20.9 Å². The first-order valence-corrected chi connectivity index (χ1v) is 14.3. The molecule has 1 fully saturated rings. The molecule has 8 nitrogen and oxygen atoms in total. The van der Waals surface area contributed by atoms with Gasteiger partial charge >= 0.3 is 12.1 Å². The van der Waals surface area contributed by atoms with E-state index in [1.165, 1.54) is 80.0 Å². The molecule has 13 heteroatoms. The quantitative estimate of drug-likeness (QED) is 0.301. The molecule has 4 N–H and O–H groups in total. The van der Waals surface area contributed by atoms with Crippen molar-refractivity contribution < 1.29 is 31.2 Å². The SMILES string of the molecule is CC(CSC1CCCCC1)C(=O)Nc1cccc(S(=O)(=O)Nc2ccc(NNC(=O)C(F)(F)F)cc2)c1. The highest BCUT2D eigenvalue weighted by Crippen LogP contribution is 2.30. The zero-order valence-corrected chi connectivity index (χ0v) is 21.7. The molecule has 0 aromatic heterocycles. The fraction of sp³-hybridized carbons (Fsp3) is 0.417. The van der Waals surface area contributed by atoms with Crippen molar-refractivity contribution in [3.63, 3.8) is 0 Å². The number of carbonyl (C=O) groups excluding carboxylic acids is 2. The lowest BCUT2D eigenvalue weighted by Gasteiger charge is -2.22. The first-order valence-electron chi connectivity index (χ1n) is 11.7. The number of benzene rings is 2. The Morgan fingerprint density at radius 3 is 2.30 bits per heavy atom. The van der Waals surface area contributed by atoms with E-state index in [9.17, 15) is 31.2 Å². The maximum Gasteiger partial charge on any atom is 0.472 e. The molecule has 2 amide bonds. The Morgan fingerprint density at radius 1 is 1.00 bits per heavy atom. The van der Waals surface area contributed by atoms with E-state index < -0.39 is 22.1 Å². The van der Waals surface area contributed by atoms with Crippen LogP contribution in [0.25, 0.3) is 0 Å². The molecular weight excluding hydrogens is 529 g/mol. The highest BCUT2D eigenvalue weighted by Gasteiger charge is 2.38. The van der Waals surface area contributed by atoms with Crippen molar-refractivity contribution in [3.8, 4) is 0 Å². The highest BCUT2D eigenvalue weighted by atomic mass is 32.2. The van der Waals surface area contributed by atoms with Crippen molar-refractivity contribution in [3.05, 3.63) is 48.5 Å². The van der Waals surface area contributed by atoms with E-state index in [2.05, 4.69) is 15.5 Å². The average Bonchev–Trinajstić information content (AvgIpc) is 2.86. The van der Waals surface area contributed by atoms with E-state index >= 15 is 0 Å². The monoisotopic (exact) mass is 558 g/mol. The van der Waals surface area contributed by atoms with Crippen LogP contribution in [0.15, 0.2) is 53.4 Å². The maximum absolute atomic E-state index is 12.8. The van der Waals surface area contributed by atoms with E-state index in [0.717, 1.165) is 0 Å². The van der Waals surface area contributed by atoms with Gasteiger partial charge in [0.1, 0.15) is 0 Å². The van der Waals surface area contributed by atoms with Crippen molar-refractivity contribution >= 4 is 50.7 Å². The number of alkyl halides is 3. The van der Waals surface area contributed by atoms with Crippen LogP contribution in [0.5, 0.6) is 0 Å². The van der Waals surface area contributed by atoms with E-state index in [-0.39, 0.29) is 28.1 Å². The van der Waals surface area contributed by atoms with Crippen molar-refractivity contribution in [1.29, 1.82) is 0 Å². The standard InChI is InChI=1S/C24H29F3N4O4S2/c1-16(15-36-20-7-3-2-4-8-20)22(32)28-19-6-5-9-21(14-19)37(34,35)31-18-12-10-17(11-13-18)29-30-23(33)24(25,26)27/h5-6,9-14,16,20,29,31H,2-4,7-8,15H2,1H3,(H,28,32)(H,30,33). The van der Waals surface area contributed by atoms with Crippen LogP contribution in [-0.4, -0.2) is 37.4 Å². The van der Waals surface area contributed by atoms with E-state index in [0.29, 0.717) is 16.7 Å². The number of carbonyl (C=O) groups is 2. The van der Waals surface area contributed by atoms with Gasteiger partial charge in [-0.3, -0.25) is 25.2 Å². The smallest absolute Gasteiger partial charge is 0.326 e. The third-order valence-corrected chi connectivity index (χ3v) is 8.72. The van der Waals surface area contributed by atoms with Crippen LogP contribution in [0.1, 0.15) is 39.0 Å². The van der Waals surface area contributed by atoms with Gasteiger partial charge in [-0.05, 0) is 55.3 Å². The van der Waals surface area contributed by atoms with Gasteiger partial charge in [-0.2, -0.15) is 24.9 Å². The second kappa shape index (κ2) is 12.5. The fourth-order valence-corrected chi connectivity index (χ4v) is 6.11. The summed E-state index contributed by atoms with van der Waals surface area (Å²) in [5.74, 6) is -1.90. The van der Waals surface area contributed by atoms with E-state index in [1.807, 2.05) is 18.7 Å². The Labute approximate surface area is 218 Å². The van der Waals surface area contributed by atoms with Gasteiger partial charge in [0.2, 0.25) is 5.91 Å². The van der Waals surface area contributed by atoms with E-state index in [4.69, 9.17) is 0 Å². The maximum atomic E-state index is 12.8. The average molecular weight is 559 g/mol. The third-order valence-electron chi connectivity index (χ3n) is 5.71. The fourth-order valence-electron chi connectivity index (χ4n) is 3.63. The zero-order valence-electron chi connectivity index (χ0n) is 20.1. The van der Waals surface area contributed by atoms with Crippen LogP contribution in [0, 0.1) is 5.92 Å². The topological polar surface area (TPSA) is 116 Å². The van der Waals surface area contributed by atoms with Crippen LogP contribution in [-0.2, 0) is 19.6 Å². The number of thioether (sulfide) groups is 1. The van der Waals surface area contributed by atoms with Crippen molar-refractivity contribution in [1.82, 2.24) is 5.43 Å². The molecule has 2 aromatic carbocycles. The largest absolute Gasteiger partial charge is 0.472 e. The van der Waals surface area contributed by atoms with Crippen LogP contribution in [0.2, 0.25) is 0 Å². The minimum absolute atomic E-state index is 0.0748. The summed E-state index contributed by atoms with van der Waals surface area (Å²) in [6, 6.07) is 11.1. The molecule has 2 aromatic rings. The number of hydrogen-bond donors (Lipinski definition) is 4. The van der Waals surface area contributed by atoms with Crippen LogP contribution in [0.3, 0.4) is 0 Å². The normalized spacial score (nSPS) is 15.5. The molecule has 0 aliphatic heterocycles. The first kappa shape index (κ1) is 28.6. The lowest BCUT2D eigenvalue weighted by molar-refractivity contribution is -0.173. The molecule has 0 saturated heterocycles. The molecule has 0 radical (unpaired) electrons. The summed E-state index contributed by atoms with van der Waals surface area (Å²) in [6.07, 6.45) is 1.06. The van der Waals surface area contributed by atoms with Gasteiger partial charge in [-0.15, -0.1) is 0 Å². The van der Waals surface area contributed by atoms with Crippen molar-refractivity contribution in [2.45, 2.75) is 55.3 Å². The number of halogens is 3. The van der Waals surface area contributed by atoms with Gasteiger partial charge < -0.3 is 5.32 Å². The highest BCUT2D eigenvalue weighted by molar-refractivity contribution is 7.99. The van der Waals surface area contributed by atoms with Gasteiger partial charge in [0.05, 0.1) is 10.6 Å². The zero-order chi connectivity index (χ0) is 27.1. The second-order valence-corrected chi connectivity index (χ2v) is 11.8. The summed E-state index contributed by atoms with van der Waals surface area (Å²) < 4.78 is 64.8. The molecule has 0 spiro atoms. The predicted molar refractivity (Wildman–Crippen MR) is 139 cm³/mol. The molecule has 1 atom stereocenters. The number of sulfonamides is 1. The Kier molecular flexibility index (Phi) is 9.71. The van der Waals surface area contributed by atoms with Gasteiger partial charge in [-0.25, -0.2) is 8.42 Å².